The second-order valence-electron chi connectivity index (χ2n) is 5.25. The van der Waals surface area contributed by atoms with Gasteiger partial charge in [0.2, 0.25) is 0 Å². The van der Waals surface area contributed by atoms with Gasteiger partial charge in [-0.1, -0.05) is 12.1 Å². The summed E-state index contributed by atoms with van der Waals surface area (Å²) in [6, 6.07) is 7.91. The van der Waals surface area contributed by atoms with Crippen molar-refractivity contribution in [2.75, 3.05) is 7.11 Å². The van der Waals surface area contributed by atoms with Crippen LogP contribution in [0.3, 0.4) is 0 Å². The van der Waals surface area contributed by atoms with Crippen molar-refractivity contribution in [2.24, 2.45) is 0 Å². The lowest BCUT2D eigenvalue weighted by Crippen LogP contribution is -2.47. The van der Waals surface area contributed by atoms with E-state index in [9.17, 15) is 4.39 Å². The summed E-state index contributed by atoms with van der Waals surface area (Å²) in [4.78, 5) is 0. The Morgan fingerprint density at radius 2 is 2.00 bits per heavy atom. The molecule has 0 amide bonds. The van der Waals surface area contributed by atoms with E-state index < -0.39 is 0 Å². The van der Waals surface area contributed by atoms with Gasteiger partial charge in [0, 0.05) is 19.2 Å². The van der Waals surface area contributed by atoms with E-state index >= 15 is 0 Å². The number of halogens is 1. The minimum Gasteiger partial charge on any atom is -0.373 e. The maximum Gasteiger partial charge on any atom is 0.123 e. The number of hydrogen-bond donors (Lipinski definition) is 1. The molecule has 1 aromatic rings. The van der Waals surface area contributed by atoms with Crippen molar-refractivity contribution in [3.63, 3.8) is 0 Å². The average molecular weight is 235 g/mol. The zero-order valence-corrected chi connectivity index (χ0v) is 10.1. The summed E-state index contributed by atoms with van der Waals surface area (Å²) in [5.41, 5.74) is 0.692. The van der Waals surface area contributed by atoms with E-state index in [1.807, 2.05) is 6.07 Å². The van der Waals surface area contributed by atoms with E-state index in [-0.39, 0.29) is 11.4 Å². The number of methoxy groups -OCH3 is 1. The van der Waals surface area contributed by atoms with Gasteiger partial charge in [-0.15, -0.1) is 0 Å². The largest absolute Gasteiger partial charge is 0.373 e. The highest BCUT2D eigenvalue weighted by Gasteiger charge is 2.45. The second kappa shape index (κ2) is 4.07. The van der Waals surface area contributed by atoms with E-state index in [0.29, 0.717) is 12.1 Å². The standard InChI is InChI=1S/C14H18FNO/c1-17-14(10-3-2-4-11(15)7-10)8-12-5-6-13(9-14)16-12/h2-4,7,12-13,16H,5-6,8-9H2,1H3. The molecule has 17 heavy (non-hydrogen) atoms. The first kappa shape index (κ1) is 11.2. The summed E-state index contributed by atoms with van der Waals surface area (Å²) in [6.07, 6.45) is 4.32. The van der Waals surface area contributed by atoms with E-state index in [0.717, 1.165) is 18.4 Å². The Labute approximate surface area is 101 Å². The summed E-state index contributed by atoms with van der Waals surface area (Å²) in [5, 5.41) is 3.59. The molecule has 0 radical (unpaired) electrons. The van der Waals surface area contributed by atoms with Crippen LogP contribution >= 0.6 is 0 Å². The molecule has 2 atom stereocenters. The van der Waals surface area contributed by atoms with Gasteiger partial charge in [-0.25, -0.2) is 4.39 Å². The molecule has 2 bridgehead atoms. The first-order valence-electron chi connectivity index (χ1n) is 6.29. The predicted octanol–water partition coefficient (Wildman–Crippen LogP) is 2.58. The number of piperidine rings is 1. The second-order valence-corrected chi connectivity index (χ2v) is 5.25. The van der Waals surface area contributed by atoms with Crippen molar-refractivity contribution in [2.45, 2.75) is 43.4 Å². The van der Waals surface area contributed by atoms with Crippen LogP contribution in [0.5, 0.6) is 0 Å². The van der Waals surface area contributed by atoms with E-state index in [4.69, 9.17) is 4.74 Å². The van der Waals surface area contributed by atoms with Gasteiger partial charge in [0.15, 0.2) is 0 Å². The monoisotopic (exact) mass is 235 g/mol. The number of fused-ring (bicyclic) bond motifs is 2. The molecular formula is C14H18FNO. The molecule has 3 heteroatoms. The zero-order valence-electron chi connectivity index (χ0n) is 10.1. The first-order valence-corrected chi connectivity index (χ1v) is 6.29. The van der Waals surface area contributed by atoms with Crippen LogP contribution in [0, 0.1) is 5.82 Å². The van der Waals surface area contributed by atoms with Crippen LogP contribution in [-0.2, 0) is 10.3 Å². The lowest BCUT2D eigenvalue weighted by atomic mass is 9.81. The summed E-state index contributed by atoms with van der Waals surface area (Å²) in [7, 11) is 1.75. The van der Waals surface area contributed by atoms with Crippen molar-refractivity contribution in [1.82, 2.24) is 5.32 Å². The molecule has 0 saturated carbocycles. The molecule has 0 aromatic heterocycles. The lowest BCUT2D eigenvalue weighted by molar-refractivity contribution is -0.0529. The first-order chi connectivity index (χ1) is 8.22. The van der Waals surface area contributed by atoms with Crippen molar-refractivity contribution in [3.05, 3.63) is 35.6 Å². The molecule has 92 valence electrons. The van der Waals surface area contributed by atoms with Gasteiger partial charge in [0.05, 0.1) is 5.60 Å². The zero-order chi connectivity index (χ0) is 11.9. The highest BCUT2D eigenvalue weighted by atomic mass is 19.1. The Balaban J connectivity index is 1.97. The summed E-state index contributed by atoms with van der Waals surface area (Å²) >= 11 is 0. The third-order valence-corrected chi connectivity index (χ3v) is 4.23. The fraction of sp³-hybridized carbons (Fsp3) is 0.571. The lowest BCUT2D eigenvalue weighted by Gasteiger charge is -2.40. The minimum atomic E-state index is -0.292. The Morgan fingerprint density at radius 3 is 2.59 bits per heavy atom. The molecule has 2 aliphatic heterocycles. The molecule has 1 aromatic carbocycles. The normalized spacial score (nSPS) is 36.1. The van der Waals surface area contributed by atoms with Crippen molar-refractivity contribution in [1.29, 1.82) is 0 Å². The SMILES string of the molecule is COC1(c2cccc(F)c2)CC2CCC(C1)N2. The number of ether oxygens (including phenoxy) is 1. The molecule has 0 spiro atoms. The van der Waals surface area contributed by atoms with Gasteiger partial charge in [-0.2, -0.15) is 0 Å². The molecule has 2 heterocycles. The van der Waals surface area contributed by atoms with Crippen LogP contribution in [0.4, 0.5) is 4.39 Å². The van der Waals surface area contributed by atoms with Crippen LogP contribution < -0.4 is 5.32 Å². The fourth-order valence-electron chi connectivity index (χ4n) is 3.40. The molecule has 2 unspecified atom stereocenters. The number of rotatable bonds is 2. The maximum atomic E-state index is 13.4. The Hall–Kier alpha value is -0.930. The Bertz CT molecular complexity index is 408. The van der Waals surface area contributed by atoms with Crippen LogP contribution in [-0.4, -0.2) is 19.2 Å². The predicted molar refractivity (Wildman–Crippen MR) is 64.3 cm³/mol. The van der Waals surface area contributed by atoms with E-state index in [2.05, 4.69) is 5.32 Å². The number of benzene rings is 1. The van der Waals surface area contributed by atoms with Crippen LogP contribution in [0.2, 0.25) is 0 Å². The molecule has 1 N–H and O–H groups in total. The molecule has 2 saturated heterocycles. The van der Waals surface area contributed by atoms with Crippen LogP contribution in [0.25, 0.3) is 0 Å². The van der Waals surface area contributed by atoms with Crippen LogP contribution in [0.15, 0.2) is 24.3 Å². The van der Waals surface area contributed by atoms with Crippen molar-refractivity contribution in [3.8, 4) is 0 Å². The average Bonchev–Trinajstić information content (AvgIpc) is 2.69. The summed E-state index contributed by atoms with van der Waals surface area (Å²) in [5.74, 6) is -0.176. The number of nitrogens with one attached hydrogen (secondary N) is 1. The van der Waals surface area contributed by atoms with Gasteiger partial charge in [-0.05, 0) is 43.4 Å². The fourth-order valence-corrected chi connectivity index (χ4v) is 3.40. The maximum absolute atomic E-state index is 13.4. The van der Waals surface area contributed by atoms with Gasteiger partial charge in [-0.3, -0.25) is 0 Å². The molecule has 2 fully saturated rings. The molecule has 3 rings (SSSR count). The van der Waals surface area contributed by atoms with Crippen molar-refractivity contribution < 1.29 is 9.13 Å². The molecule has 2 nitrogen and oxygen atoms in total. The van der Waals surface area contributed by atoms with Crippen molar-refractivity contribution >= 4 is 0 Å². The molecule has 0 aliphatic carbocycles. The Kier molecular flexibility index (Phi) is 2.68. The van der Waals surface area contributed by atoms with E-state index in [1.165, 1.54) is 18.9 Å². The highest BCUT2D eigenvalue weighted by molar-refractivity contribution is 5.26. The summed E-state index contributed by atoms with van der Waals surface area (Å²) in [6.45, 7) is 0. The highest BCUT2D eigenvalue weighted by Crippen LogP contribution is 2.43. The quantitative estimate of drug-likeness (QED) is 0.850. The topological polar surface area (TPSA) is 21.3 Å². The van der Waals surface area contributed by atoms with Gasteiger partial charge < -0.3 is 10.1 Å². The smallest absolute Gasteiger partial charge is 0.123 e. The third-order valence-electron chi connectivity index (χ3n) is 4.23. The molecular weight excluding hydrogens is 217 g/mol. The third kappa shape index (κ3) is 1.87. The van der Waals surface area contributed by atoms with Crippen LogP contribution in [0.1, 0.15) is 31.2 Å². The minimum absolute atomic E-state index is 0.176. The van der Waals surface area contributed by atoms with E-state index in [1.54, 1.807) is 19.2 Å². The Morgan fingerprint density at radius 1 is 1.29 bits per heavy atom. The van der Waals surface area contributed by atoms with Gasteiger partial charge >= 0.3 is 0 Å². The van der Waals surface area contributed by atoms with Gasteiger partial charge in [0.1, 0.15) is 5.82 Å². The summed E-state index contributed by atoms with van der Waals surface area (Å²) < 4.78 is 19.2. The van der Waals surface area contributed by atoms with Gasteiger partial charge in [0.25, 0.3) is 0 Å². The molecule has 2 aliphatic rings. The number of hydrogen-bond acceptors (Lipinski definition) is 2.